The van der Waals surface area contributed by atoms with Gasteiger partial charge in [-0.25, -0.2) is 18.2 Å². The van der Waals surface area contributed by atoms with Gasteiger partial charge in [0.2, 0.25) is 0 Å². The Kier molecular flexibility index (Phi) is 2.24. The molecule has 3 rings (SSSR count). The number of benzene rings is 1. The SMILES string of the molecule is CC(C)n1c(C2CC2(F)F)nc2c(F)cccc21. The van der Waals surface area contributed by atoms with Gasteiger partial charge in [0.1, 0.15) is 11.3 Å². The number of fused-ring (bicyclic) bond motifs is 1. The Balaban J connectivity index is 2.25. The smallest absolute Gasteiger partial charge is 0.259 e. The molecule has 1 aromatic carbocycles. The van der Waals surface area contributed by atoms with Crippen LogP contribution in [-0.2, 0) is 0 Å². The number of halogens is 3. The monoisotopic (exact) mass is 254 g/mol. The van der Waals surface area contributed by atoms with Gasteiger partial charge in [0.25, 0.3) is 5.92 Å². The fraction of sp³-hybridized carbons (Fsp3) is 0.462. The maximum Gasteiger partial charge on any atom is 0.259 e. The molecular weight excluding hydrogens is 241 g/mol. The number of hydrogen-bond acceptors (Lipinski definition) is 1. The van der Waals surface area contributed by atoms with E-state index in [4.69, 9.17) is 0 Å². The lowest BCUT2D eigenvalue weighted by Crippen LogP contribution is -2.07. The van der Waals surface area contributed by atoms with Crippen molar-refractivity contribution >= 4 is 11.0 Å². The molecule has 1 saturated carbocycles. The molecule has 96 valence electrons. The Morgan fingerprint density at radius 3 is 2.61 bits per heavy atom. The summed E-state index contributed by atoms with van der Waals surface area (Å²) in [5.41, 5.74) is 0.770. The van der Waals surface area contributed by atoms with Crippen molar-refractivity contribution in [3.05, 3.63) is 29.8 Å². The molecule has 1 fully saturated rings. The molecule has 1 heterocycles. The predicted octanol–water partition coefficient (Wildman–Crippen LogP) is 3.88. The second kappa shape index (κ2) is 3.49. The summed E-state index contributed by atoms with van der Waals surface area (Å²) in [6, 6.07) is 4.57. The molecule has 0 aliphatic heterocycles. The molecule has 0 bridgehead atoms. The van der Waals surface area contributed by atoms with Crippen molar-refractivity contribution in [2.24, 2.45) is 0 Å². The summed E-state index contributed by atoms with van der Waals surface area (Å²) in [6.07, 6.45) is -0.190. The van der Waals surface area contributed by atoms with Crippen LogP contribution in [0.3, 0.4) is 0 Å². The van der Waals surface area contributed by atoms with Crippen molar-refractivity contribution in [3.8, 4) is 0 Å². The first-order valence-corrected chi connectivity index (χ1v) is 5.96. The second-order valence-electron chi connectivity index (χ2n) is 5.06. The zero-order chi connectivity index (χ0) is 13.1. The van der Waals surface area contributed by atoms with Crippen molar-refractivity contribution in [1.29, 1.82) is 0 Å². The highest BCUT2D eigenvalue weighted by Gasteiger charge is 2.60. The molecule has 1 aromatic heterocycles. The van der Waals surface area contributed by atoms with E-state index in [1.165, 1.54) is 6.07 Å². The fourth-order valence-electron chi connectivity index (χ4n) is 2.38. The van der Waals surface area contributed by atoms with Crippen LogP contribution in [0.5, 0.6) is 0 Å². The number of imidazole rings is 1. The number of rotatable bonds is 2. The van der Waals surface area contributed by atoms with Crippen LogP contribution >= 0.6 is 0 Å². The zero-order valence-electron chi connectivity index (χ0n) is 10.1. The average molecular weight is 254 g/mol. The Hall–Kier alpha value is -1.52. The van der Waals surface area contributed by atoms with E-state index in [0.717, 1.165) is 0 Å². The number of alkyl halides is 2. The summed E-state index contributed by atoms with van der Waals surface area (Å²) in [6.45, 7) is 3.77. The molecule has 1 unspecified atom stereocenters. The number of para-hydroxylation sites is 1. The number of hydrogen-bond donors (Lipinski definition) is 0. The molecule has 2 aromatic rings. The van der Waals surface area contributed by atoms with Crippen LogP contribution in [0.2, 0.25) is 0 Å². The van der Waals surface area contributed by atoms with E-state index in [-0.39, 0.29) is 18.0 Å². The standard InChI is InChI=1S/C13H13F3N2/c1-7(2)18-10-5-3-4-9(14)11(10)17-12(18)8-6-13(8,15)16/h3-5,7-8H,6H2,1-2H3. The molecule has 2 nitrogen and oxygen atoms in total. The minimum Gasteiger partial charge on any atom is -0.325 e. The van der Waals surface area contributed by atoms with Gasteiger partial charge in [0.05, 0.1) is 11.4 Å². The summed E-state index contributed by atoms with van der Waals surface area (Å²) >= 11 is 0. The molecule has 1 aliphatic carbocycles. The topological polar surface area (TPSA) is 17.8 Å². The van der Waals surface area contributed by atoms with Gasteiger partial charge in [-0.1, -0.05) is 6.07 Å². The van der Waals surface area contributed by atoms with Gasteiger partial charge >= 0.3 is 0 Å². The summed E-state index contributed by atoms with van der Waals surface area (Å²) in [7, 11) is 0. The Bertz CT molecular complexity index is 616. The molecule has 18 heavy (non-hydrogen) atoms. The lowest BCUT2D eigenvalue weighted by molar-refractivity contribution is 0.110. The van der Waals surface area contributed by atoms with Crippen LogP contribution in [-0.4, -0.2) is 15.5 Å². The molecule has 0 N–H and O–H groups in total. The number of aromatic nitrogens is 2. The first kappa shape index (κ1) is 11.6. The van der Waals surface area contributed by atoms with Crippen molar-refractivity contribution in [2.45, 2.75) is 38.2 Å². The summed E-state index contributed by atoms with van der Waals surface area (Å²) in [5.74, 6) is -3.72. The third-order valence-corrected chi connectivity index (χ3v) is 3.35. The molecule has 1 aliphatic rings. The van der Waals surface area contributed by atoms with Gasteiger partial charge < -0.3 is 4.57 Å². The molecule has 0 amide bonds. The molecular formula is C13H13F3N2. The van der Waals surface area contributed by atoms with E-state index < -0.39 is 17.7 Å². The predicted molar refractivity (Wildman–Crippen MR) is 62.4 cm³/mol. The molecule has 0 saturated heterocycles. The van der Waals surface area contributed by atoms with Gasteiger partial charge in [-0.2, -0.15) is 0 Å². The molecule has 5 heteroatoms. The molecule has 1 atom stereocenters. The van der Waals surface area contributed by atoms with E-state index in [2.05, 4.69) is 4.98 Å². The maximum atomic E-state index is 13.7. The highest BCUT2D eigenvalue weighted by atomic mass is 19.3. The minimum absolute atomic E-state index is 0.0248. The van der Waals surface area contributed by atoms with E-state index in [1.807, 2.05) is 13.8 Å². The normalized spacial score (nSPS) is 21.8. The first-order valence-electron chi connectivity index (χ1n) is 5.96. The van der Waals surface area contributed by atoms with E-state index in [1.54, 1.807) is 16.7 Å². The lowest BCUT2D eigenvalue weighted by Gasteiger charge is -2.12. The fourth-order valence-corrected chi connectivity index (χ4v) is 2.38. The highest BCUT2D eigenvalue weighted by Crippen LogP contribution is 2.56. The summed E-state index contributed by atoms with van der Waals surface area (Å²) < 4.78 is 41.8. The van der Waals surface area contributed by atoms with Crippen LogP contribution in [0, 0.1) is 5.82 Å². The van der Waals surface area contributed by atoms with Crippen molar-refractivity contribution in [3.63, 3.8) is 0 Å². The number of nitrogens with zero attached hydrogens (tertiary/aromatic N) is 2. The second-order valence-corrected chi connectivity index (χ2v) is 5.06. The first-order chi connectivity index (χ1) is 8.42. The minimum atomic E-state index is -2.69. The quantitative estimate of drug-likeness (QED) is 0.795. The average Bonchev–Trinajstić information content (AvgIpc) is 2.74. The Morgan fingerprint density at radius 1 is 1.39 bits per heavy atom. The zero-order valence-corrected chi connectivity index (χ0v) is 10.1. The third-order valence-electron chi connectivity index (χ3n) is 3.35. The van der Waals surface area contributed by atoms with Crippen LogP contribution in [0.25, 0.3) is 11.0 Å². The van der Waals surface area contributed by atoms with E-state index in [0.29, 0.717) is 11.3 Å². The highest BCUT2D eigenvalue weighted by molar-refractivity contribution is 5.77. The van der Waals surface area contributed by atoms with Gasteiger partial charge in [-0.05, 0) is 26.0 Å². The van der Waals surface area contributed by atoms with Crippen molar-refractivity contribution in [2.75, 3.05) is 0 Å². The lowest BCUT2D eigenvalue weighted by atomic mass is 10.2. The van der Waals surface area contributed by atoms with Crippen LogP contribution < -0.4 is 0 Å². The third kappa shape index (κ3) is 1.53. The van der Waals surface area contributed by atoms with Crippen molar-refractivity contribution in [1.82, 2.24) is 9.55 Å². The van der Waals surface area contributed by atoms with Gasteiger partial charge in [0, 0.05) is 12.5 Å². The van der Waals surface area contributed by atoms with E-state index >= 15 is 0 Å². The van der Waals surface area contributed by atoms with Gasteiger partial charge in [0.15, 0.2) is 5.82 Å². The molecule has 0 radical (unpaired) electrons. The van der Waals surface area contributed by atoms with Gasteiger partial charge in [-0.3, -0.25) is 0 Å². The summed E-state index contributed by atoms with van der Waals surface area (Å²) in [5, 5.41) is 0. The van der Waals surface area contributed by atoms with E-state index in [9.17, 15) is 13.2 Å². The van der Waals surface area contributed by atoms with Crippen molar-refractivity contribution < 1.29 is 13.2 Å². The largest absolute Gasteiger partial charge is 0.325 e. The van der Waals surface area contributed by atoms with Crippen LogP contribution in [0.1, 0.15) is 38.1 Å². The van der Waals surface area contributed by atoms with Crippen LogP contribution in [0.15, 0.2) is 18.2 Å². The molecule has 0 spiro atoms. The maximum absolute atomic E-state index is 13.7. The summed E-state index contributed by atoms with van der Waals surface area (Å²) in [4.78, 5) is 4.10. The Labute approximate surface area is 102 Å². The Morgan fingerprint density at radius 2 is 2.06 bits per heavy atom. The van der Waals surface area contributed by atoms with Crippen LogP contribution in [0.4, 0.5) is 13.2 Å². The van der Waals surface area contributed by atoms with Gasteiger partial charge in [-0.15, -0.1) is 0 Å².